The van der Waals surface area contributed by atoms with Crippen LogP contribution in [-0.2, 0) is 13.2 Å². The van der Waals surface area contributed by atoms with Gasteiger partial charge in [0.1, 0.15) is 6.61 Å². The average molecular weight is 530 g/mol. The van der Waals surface area contributed by atoms with Crippen molar-refractivity contribution in [2.24, 2.45) is 5.10 Å². The smallest absolute Gasteiger partial charge is 0.291 e. The molecule has 4 aromatic rings. The average Bonchev–Trinajstić information content (AvgIpc) is 3.41. The van der Waals surface area contributed by atoms with Crippen LogP contribution >= 0.6 is 0 Å². The van der Waals surface area contributed by atoms with Crippen molar-refractivity contribution in [3.8, 4) is 11.5 Å². The van der Waals surface area contributed by atoms with Gasteiger partial charge in [-0.3, -0.25) is 29.7 Å². The third-order valence-corrected chi connectivity index (χ3v) is 5.47. The molecule has 0 aliphatic rings. The second-order valence-corrected chi connectivity index (χ2v) is 8.14. The van der Waals surface area contributed by atoms with Crippen LogP contribution in [0.2, 0.25) is 0 Å². The summed E-state index contributed by atoms with van der Waals surface area (Å²) in [5.41, 5.74) is 4.71. The van der Waals surface area contributed by atoms with Crippen LogP contribution in [0.1, 0.15) is 27.2 Å². The monoisotopic (exact) mass is 530 g/mol. The lowest BCUT2D eigenvalue weighted by molar-refractivity contribution is -0.385. The molecule has 39 heavy (non-hydrogen) atoms. The summed E-state index contributed by atoms with van der Waals surface area (Å²) in [5.74, 6) is 0.393. The maximum Gasteiger partial charge on any atom is 0.291 e. The molecule has 1 heterocycles. The molecule has 3 aromatic carbocycles. The Morgan fingerprint density at radius 3 is 2.21 bits per heavy atom. The molecule has 0 fully saturated rings. The van der Waals surface area contributed by atoms with Crippen molar-refractivity contribution in [3.63, 3.8) is 0 Å². The summed E-state index contributed by atoms with van der Waals surface area (Å²) in [4.78, 5) is 33.1. The topological polar surface area (TPSA) is 164 Å². The van der Waals surface area contributed by atoms with E-state index in [4.69, 9.17) is 9.47 Å². The molecule has 0 saturated heterocycles. The van der Waals surface area contributed by atoms with E-state index < -0.39 is 15.8 Å². The lowest BCUT2D eigenvalue weighted by Gasteiger charge is -2.11. The molecule has 0 radical (unpaired) electrons. The molecule has 4 rings (SSSR count). The molecule has 0 spiro atoms. The van der Waals surface area contributed by atoms with Crippen molar-refractivity contribution in [3.05, 3.63) is 122 Å². The van der Waals surface area contributed by atoms with Crippen LogP contribution in [0, 0.1) is 20.2 Å². The van der Waals surface area contributed by atoms with E-state index in [0.717, 1.165) is 11.1 Å². The van der Waals surface area contributed by atoms with E-state index in [9.17, 15) is 25.0 Å². The van der Waals surface area contributed by atoms with Crippen molar-refractivity contribution in [2.45, 2.75) is 13.2 Å². The summed E-state index contributed by atoms with van der Waals surface area (Å²) < 4.78 is 12.7. The number of ether oxygens (including phenoxy) is 2. The number of methoxy groups -OCH3 is 1. The van der Waals surface area contributed by atoms with Crippen LogP contribution in [0.15, 0.2) is 84.1 Å². The predicted molar refractivity (Wildman–Crippen MR) is 140 cm³/mol. The van der Waals surface area contributed by atoms with Crippen molar-refractivity contribution >= 4 is 23.5 Å². The van der Waals surface area contributed by atoms with Crippen LogP contribution in [0.25, 0.3) is 0 Å². The van der Waals surface area contributed by atoms with Gasteiger partial charge in [-0.1, -0.05) is 12.1 Å². The summed E-state index contributed by atoms with van der Waals surface area (Å²) in [6, 6.07) is 18.7. The van der Waals surface area contributed by atoms with E-state index in [2.05, 4.69) is 15.6 Å². The molecule has 1 aromatic heterocycles. The second-order valence-electron chi connectivity index (χ2n) is 8.14. The highest BCUT2D eigenvalue weighted by atomic mass is 16.6. The molecule has 198 valence electrons. The fraction of sp³-hybridized carbons (Fsp3) is 0.115. The van der Waals surface area contributed by atoms with Gasteiger partial charge in [0.2, 0.25) is 0 Å². The molecule has 0 saturated carbocycles. The Morgan fingerprint density at radius 1 is 0.949 bits per heavy atom. The van der Waals surface area contributed by atoms with E-state index in [1.165, 1.54) is 48.3 Å². The largest absolute Gasteiger partial charge is 0.493 e. The van der Waals surface area contributed by atoms with Crippen molar-refractivity contribution in [2.75, 3.05) is 7.11 Å². The third kappa shape index (κ3) is 7.01. The molecule has 1 amide bonds. The first-order chi connectivity index (χ1) is 18.8. The molecule has 0 unspecified atom stereocenters. The molecule has 13 nitrogen and oxygen atoms in total. The van der Waals surface area contributed by atoms with Gasteiger partial charge in [0.05, 0.1) is 29.7 Å². The van der Waals surface area contributed by atoms with Crippen molar-refractivity contribution in [1.29, 1.82) is 0 Å². The zero-order valence-electron chi connectivity index (χ0n) is 20.6. The number of amides is 1. The zero-order valence-corrected chi connectivity index (χ0v) is 20.6. The standard InChI is InChI=1S/C26H22N6O7/c1-38-24-11-6-20(14-25(24)39-17-19-4-9-22(10-5-19)32(36)37)15-27-28-26(33)23-12-13-30(29-23)16-18-2-7-21(8-3-18)31(34)35/h2-15H,16-17H2,1H3,(H,28,33). The quantitative estimate of drug-likeness (QED) is 0.172. The minimum atomic E-state index is -0.517. The van der Waals surface area contributed by atoms with Crippen LogP contribution in [0.5, 0.6) is 11.5 Å². The van der Waals surface area contributed by atoms with Gasteiger partial charge >= 0.3 is 0 Å². The fourth-order valence-corrected chi connectivity index (χ4v) is 3.47. The number of rotatable bonds is 11. The molecule has 13 heteroatoms. The molecular formula is C26H22N6O7. The number of aromatic nitrogens is 2. The first-order valence-electron chi connectivity index (χ1n) is 11.5. The Hall–Kier alpha value is -5.59. The number of hydrazone groups is 1. The number of nitro benzene ring substituents is 2. The van der Waals surface area contributed by atoms with E-state index in [-0.39, 0.29) is 23.7 Å². The van der Waals surface area contributed by atoms with Gasteiger partial charge in [-0.25, -0.2) is 5.43 Å². The fourth-order valence-electron chi connectivity index (χ4n) is 3.47. The molecular weight excluding hydrogens is 508 g/mol. The number of nitro groups is 2. The van der Waals surface area contributed by atoms with Crippen LogP contribution in [0.4, 0.5) is 11.4 Å². The lowest BCUT2D eigenvalue weighted by atomic mass is 10.2. The highest BCUT2D eigenvalue weighted by Crippen LogP contribution is 2.28. The van der Waals surface area contributed by atoms with E-state index in [1.54, 1.807) is 48.7 Å². The summed E-state index contributed by atoms with van der Waals surface area (Å²) in [7, 11) is 1.50. The Labute approximate surface area is 221 Å². The van der Waals surface area contributed by atoms with Gasteiger partial charge in [-0.05, 0) is 53.1 Å². The van der Waals surface area contributed by atoms with Gasteiger partial charge < -0.3 is 9.47 Å². The van der Waals surface area contributed by atoms with Crippen LogP contribution in [-0.4, -0.2) is 38.9 Å². The SMILES string of the molecule is COc1ccc(C=NNC(=O)c2ccn(Cc3ccc([N+](=O)[O-])cc3)n2)cc1OCc1ccc([N+](=O)[O-])cc1. The highest BCUT2D eigenvalue weighted by molar-refractivity contribution is 5.93. The maximum absolute atomic E-state index is 12.5. The number of non-ortho nitro benzene ring substituents is 2. The summed E-state index contributed by atoms with van der Waals surface area (Å²) >= 11 is 0. The van der Waals surface area contributed by atoms with Gasteiger partial charge in [0.25, 0.3) is 17.3 Å². The van der Waals surface area contributed by atoms with Gasteiger partial charge in [0, 0.05) is 30.5 Å². The molecule has 0 aliphatic carbocycles. The number of nitrogens with one attached hydrogen (secondary N) is 1. The van der Waals surface area contributed by atoms with E-state index in [1.807, 2.05) is 0 Å². The number of benzene rings is 3. The Kier molecular flexibility index (Phi) is 8.21. The van der Waals surface area contributed by atoms with E-state index >= 15 is 0 Å². The lowest BCUT2D eigenvalue weighted by Crippen LogP contribution is -2.18. The Morgan fingerprint density at radius 2 is 1.59 bits per heavy atom. The first-order valence-corrected chi connectivity index (χ1v) is 11.5. The second kappa shape index (κ2) is 12.1. The minimum absolute atomic E-state index is 0.00261. The number of nitrogens with zero attached hydrogens (tertiary/aromatic N) is 5. The van der Waals surface area contributed by atoms with Crippen molar-refractivity contribution < 1.29 is 24.1 Å². The number of hydrogen-bond donors (Lipinski definition) is 1. The predicted octanol–water partition coefficient (Wildman–Crippen LogP) is 4.10. The van der Waals surface area contributed by atoms with Crippen molar-refractivity contribution in [1.82, 2.24) is 15.2 Å². The summed E-state index contributed by atoms with van der Waals surface area (Å²) in [6.45, 7) is 0.497. The Balaban J connectivity index is 1.34. The molecule has 0 atom stereocenters. The maximum atomic E-state index is 12.5. The number of carbonyl (C=O) groups excluding carboxylic acids is 1. The van der Waals surface area contributed by atoms with Crippen LogP contribution < -0.4 is 14.9 Å². The number of carbonyl (C=O) groups is 1. The molecule has 1 N–H and O–H groups in total. The van der Waals surface area contributed by atoms with E-state index in [0.29, 0.717) is 23.6 Å². The van der Waals surface area contributed by atoms with Gasteiger partial charge in [-0.15, -0.1) is 0 Å². The third-order valence-electron chi connectivity index (χ3n) is 5.47. The highest BCUT2D eigenvalue weighted by Gasteiger charge is 2.11. The van der Waals surface area contributed by atoms with Gasteiger partial charge in [0.15, 0.2) is 17.2 Å². The Bertz CT molecular complexity index is 1510. The molecule has 0 aliphatic heterocycles. The minimum Gasteiger partial charge on any atom is -0.493 e. The van der Waals surface area contributed by atoms with Crippen LogP contribution in [0.3, 0.4) is 0 Å². The summed E-state index contributed by atoms with van der Waals surface area (Å²) in [6.07, 6.45) is 3.06. The van der Waals surface area contributed by atoms with Gasteiger partial charge in [-0.2, -0.15) is 10.2 Å². The first kappa shape index (κ1) is 26.5. The zero-order chi connectivity index (χ0) is 27.8. The molecule has 0 bridgehead atoms. The number of hydrogen-bond acceptors (Lipinski definition) is 9. The normalized spacial score (nSPS) is 10.8. The summed E-state index contributed by atoms with van der Waals surface area (Å²) in [5, 5.41) is 29.8.